The zero-order chi connectivity index (χ0) is 22.0. The van der Waals surface area contributed by atoms with Crippen LogP contribution in [0.15, 0.2) is 60.0 Å². The number of pyridine rings is 1. The predicted octanol–water partition coefficient (Wildman–Crippen LogP) is 1.47. The van der Waals surface area contributed by atoms with Gasteiger partial charge in [0.2, 0.25) is 5.91 Å². The van der Waals surface area contributed by atoms with Gasteiger partial charge in [-0.15, -0.1) is 10.2 Å². The second-order valence-corrected chi connectivity index (χ2v) is 7.93. The quantitative estimate of drug-likeness (QED) is 0.442. The Kier molecular flexibility index (Phi) is 5.42. The number of hydrogen-bond donors (Lipinski definition) is 2. The van der Waals surface area contributed by atoms with Gasteiger partial charge in [0.25, 0.3) is 5.91 Å². The van der Waals surface area contributed by atoms with E-state index in [0.717, 1.165) is 22.3 Å². The molecular formula is C20H19N7O3S. The highest BCUT2D eigenvalue weighted by atomic mass is 32.2. The van der Waals surface area contributed by atoms with Gasteiger partial charge in [0, 0.05) is 25.0 Å². The van der Waals surface area contributed by atoms with E-state index in [0.29, 0.717) is 16.5 Å². The maximum Gasteiger partial charge on any atom is 0.344 e. The van der Waals surface area contributed by atoms with Gasteiger partial charge in [0.05, 0.1) is 5.75 Å². The van der Waals surface area contributed by atoms with Crippen LogP contribution in [0.25, 0.3) is 11.4 Å². The van der Waals surface area contributed by atoms with Gasteiger partial charge in [-0.25, -0.2) is 4.79 Å². The summed E-state index contributed by atoms with van der Waals surface area (Å²) in [5.74, 6) is -0.487. The van der Waals surface area contributed by atoms with Crippen molar-refractivity contribution in [2.24, 2.45) is 7.05 Å². The molecule has 1 aliphatic heterocycles. The lowest BCUT2D eigenvalue weighted by Crippen LogP contribution is -2.48. The van der Waals surface area contributed by atoms with Crippen LogP contribution in [-0.2, 0) is 22.2 Å². The summed E-state index contributed by atoms with van der Waals surface area (Å²) in [6.45, 7) is 1.60. The number of hydrazine groups is 1. The molecule has 0 radical (unpaired) electrons. The molecule has 4 rings (SSSR count). The number of carbonyl (C=O) groups is 3. The fraction of sp³-hybridized carbons (Fsp3) is 0.200. The molecule has 0 bridgehead atoms. The van der Waals surface area contributed by atoms with Gasteiger partial charge in [-0.1, -0.05) is 42.1 Å². The normalized spacial score (nSPS) is 18.2. The lowest BCUT2D eigenvalue weighted by atomic mass is 9.92. The van der Waals surface area contributed by atoms with Crippen molar-refractivity contribution < 1.29 is 14.4 Å². The van der Waals surface area contributed by atoms with Crippen molar-refractivity contribution in [3.63, 3.8) is 0 Å². The number of hydrogen-bond acceptors (Lipinski definition) is 7. The molecule has 0 saturated carbocycles. The van der Waals surface area contributed by atoms with Crippen LogP contribution in [0.4, 0.5) is 4.79 Å². The van der Waals surface area contributed by atoms with Crippen molar-refractivity contribution in [1.29, 1.82) is 0 Å². The maximum absolute atomic E-state index is 12.9. The Morgan fingerprint density at radius 3 is 2.55 bits per heavy atom. The molecule has 1 aliphatic rings. The van der Waals surface area contributed by atoms with Crippen LogP contribution in [0, 0.1) is 0 Å². The summed E-state index contributed by atoms with van der Waals surface area (Å²) in [6.07, 6.45) is 3.32. The Morgan fingerprint density at radius 1 is 1.13 bits per heavy atom. The van der Waals surface area contributed by atoms with Gasteiger partial charge < -0.3 is 9.88 Å². The molecule has 2 N–H and O–H groups in total. The number of nitrogens with one attached hydrogen (secondary N) is 2. The molecule has 1 saturated heterocycles. The summed E-state index contributed by atoms with van der Waals surface area (Å²) in [5, 5.41) is 12.1. The van der Waals surface area contributed by atoms with Crippen LogP contribution < -0.4 is 10.7 Å². The number of amides is 4. The van der Waals surface area contributed by atoms with Crippen LogP contribution in [0.3, 0.4) is 0 Å². The van der Waals surface area contributed by atoms with E-state index in [1.807, 2.05) is 18.2 Å². The van der Waals surface area contributed by atoms with Crippen molar-refractivity contribution in [1.82, 2.24) is 35.5 Å². The third kappa shape index (κ3) is 3.87. The summed E-state index contributed by atoms with van der Waals surface area (Å²) >= 11 is 1.14. The highest BCUT2D eigenvalue weighted by Gasteiger charge is 2.49. The minimum Gasteiger partial charge on any atom is -0.318 e. The molecule has 0 spiro atoms. The number of thioether (sulfide) groups is 1. The Bertz CT molecular complexity index is 1140. The number of aromatic nitrogens is 4. The minimum absolute atomic E-state index is 0.0541. The van der Waals surface area contributed by atoms with Crippen molar-refractivity contribution in [3.8, 4) is 11.4 Å². The second-order valence-electron chi connectivity index (χ2n) is 6.99. The van der Waals surface area contributed by atoms with Crippen LogP contribution in [0.5, 0.6) is 0 Å². The first kappa shape index (κ1) is 20.5. The van der Waals surface area contributed by atoms with E-state index in [2.05, 4.69) is 25.9 Å². The monoisotopic (exact) mass is 437 g/mol. The number of rotatable bonds is 6. The topological polar surface area (TPSA) is 122 Å². The first-order valence-corrected chi connectivity index (χ1v) is 10.3. The van der Waals surface area contributed by atoms with Crippen LogP contribution >= 0.6 is 11.8 Å². The molecule has 4 amide bonds. The predicted molar refractivity (Wildman–Crippen MR) is 112 cm³/mol. The van der Waals surface area contributed by atoms with Crippen molar-refractivity contribution in [3.05, 3.63) is 60.4 Å². The molecule has 11 heteroatoms. The Labute approximate surface area is 182 Å². The van der Waals surface area contributed by atoms with Gasteiger partial charge in [-0.05, 0) is 24.6 Å². The van der Waals surface area contributed by atoms with Crippen molar-refractivity contribution >= 4 is 29.6 Å². The van der Waals surface area contributed by atoms with Gasteiger partial charge in [-0.3, -0.25) is 20.0 Å². The van der Waals surface area contributed by atoms with E-state index >= 15 is 0 Å². The molecule has 1 fully saturated rings. The largest absolute Gasteiger partial charge is 0.344 e. The van der Waals surface area contributed by atoms with E-state index in [4.69, 9.17) is 0 Å². The number of imide groups is 1. The molecular weight excluding hydrogens is 418 g/mol. The number of nitrogens with zero attached hydrogens (tertiary/aromatic N) is 5. The van der Waals surface area contributed by atoms with Gasteiger partial charge >= 0.3 is 6.03 Å². The first-order valence-electron chi connectivity index (χ1n) is 9.34. The lowest BCUT2D eigenvalue weighted by Gasteiger charge is -2.22. The lowest BCUT2D eigenvalue weighted by molar-refractivity contribution is -0.138. The number of carbonyl (C=O) groups excluding carboxylic acids is 3. The molecule has 3 aromatic rings. The summed E-state index contributed by atoms with van der Waals surface area (Å²) in [6, 6.07) is 11.8. The molecule has 1 atom stereocenters. The van der Waals surface area contributed by atoms with E-state index in [1.165, 1.54) is 0 Å². The van der Waals surface area contributed by atoms with Crippen LogP contribution in [0.2, 0.25) is 0 Å². The third-order valence-electron chi connectivity index (χ3n) is 4.88. The Balaban J connectivity index is 1.40. The Hall–Kier alpha value is -3.73. The van der Waals surface area contributed by atoms with E-state index in [9.17, 15) is 14.4 Å². The summed E-state index contributed by atoms with van der Waals surface area (Å²) in [7, 11) is 1.79. The van der Waals surface area contributed by atoms with Gasteiger partial charge in [0.1, 0.15) is 5.54 Å². The van der Waals surface area contributed by atoms with Gasteiger partial charge in [0.15, 0.2) is 11.0 Å². The van der Waals surface area contributed by atoms with Crippen LogP contribution in [0.1, 0.15) is 12.5 Å². The summed E-state index contributed by atoms with van der Waals surface area (Å²) < 4.78 is 1.76. The average Bonchev–Trinajstić information content (AvgIpc) is 3.26. The maximum atomic E-state index is 12.9. The average molecular weight is 437 g/mol. The SMILES string of the molecule is Cn1c(SCC(=O)NN2C(=O)N[C@@](C)(c3ccccc3)C2=O)nnc1-c1ccncc1. The Morgan fingerprint density at radius 2 is 1.84 bits per heavy atom. The highest BCUT2D eigenvalue weighted by molar-refractivity contribution is 7.99. The van der Waals surface area contributed by atoms with E-state index in [-0.39, 0.29) is 5.75 Å². The molecule has 2 aromatic heterocycles. The van der Waals surface area contributed by atoms with E-state index < -0.39 is 23.4 Å². The molecule has 1 aromatic carbocycles. The number of benzene rings is 1. The minimum atomic E-state index is -1.25. The summed E-state index contributed by atoms with van der Waals surface area (Å²) in [4.78, 5) is 41.6. The second kappa shape index (κ2) is 8.19. The fourth-order valence-electron chi connectivity index (χ4n) is 3.19. The zero-order valence-corrected chi connectivity index (χ0v) is 17.6. The molecule has 0 aliphatic carbocycles. The number of urea groups is 1. The summed E-state index contributed by atoms with van der Waals surface area (Å²) in [5.41, 5.74) is 2.60. The van der Waals surface area contributed by atoms with Crippen LogP contribution in [-0.4, -0.2) is 48.4 Å². The molecule has 158 valence electrons. The highest BCUT2D eigenvalue weighted by Crippen LogP contribution is 2.28. The molecule has 31 heavy (non-hydrogen) atoms. The van der Waals surface area contributed by atoms with Crippen molar-refractivity contribution in [2.45, 2.75) is 17.6 Å². The molecule has 0 unspecified atom stereocenters. The third-order valence-corrected chi connectivity index (χ3v) is 5.90. The van der Waals surface area contributed by atoms with E-state index in [1.54, 1.807) is 55.2 Å². The zero-order valence-electron chi connectivity index (χ0n) is 16.8. The standard InChI is InChI=1S/C20H19N7O3S/c1-20(14-6-4-3-5-7-14)17(29)27(18(30)22-20)25-15(28)12-31-19-24-23-16(26(19)2)13-8-10-21-11-9-13/h3-11H,12H2,1-2H3,(H,22,30)(H,25,28)/t20-/m0/s1. The molecule has 3 heterocycles. The smallest absolute Gasteiger partial charge is 0.318 e. The molecule has 10 nitrogen and oxygen atoms in total. The van der Waals surface area contributed by atoms with Crippen molar-refractivity contribution in [2.75, 3.05) is 5.75 Å². The van der Waals surface area contributed by atoms with Gasteiger partial charge in [-0.2, -0.15) is 5.01 Å². The first-order chi connectivity index (χ1) is 14.9. The fourth-order valence-corrected chi connectivity index (χ4v) is 3.89.